The molecular formula is C14H21N7O. The summed E-state index contributed by atoms with van der Waals surface area (Å²) < 4.78 is 3.42. The maximum Gasteiger partial charge on any atom is 0.272 e. The van der Waals surface area contributed by atoms with Crippen LogP contribution in [0.15, 0.2) is 18.6 Å². The zero-order valence-electron chi connectivity index (χ0n) is 12.9. The lowest BCUT2D eigenvalue weighted by atomic mass is 10.1. The topological polar surface area (TPSA) is 80.9 Å². The number of carbonyl (C=O) groups excluding carboxylic acids is 1. The zero-order chi connectivity index (χ0) is 15.5. The Morgan fingerprint density at radius 3 is 3.00 bits per heavy atom. The van der Waals surface area contributed by atoms with Gasteiger partial charge in [-0.1, -0.05) is 0 Å². The molecular weight excluding hydrogens is 282 g/mol. The first-order valence-corrected chi connectivity index (χ1v) is 7.47. The fourth-order valence-corrected chi connectivity index (χ4v) is 2.78. The summed E-state index contributed by atoms with van der Waals surface area (Å²) >= 11 is 0. The average Bonchev–Trinajstić information content (AvgIpc) is 3.09. The number of piperidine rings is 1. The molecule has 0 spiro atoms. The van der Waals surface area contributed by atoms with Gasteiger partial charge in [0.2, 0.25) is 0 Å². The number of carbonyl (C=O) groups is 1. The summed E-state index contributed by atoms with van der Waals surface area (Å²) in [6.07, 6.45) is 5.40. The highest BCUT2D eigenvalue weighted by atomic mass is 16.2. The molecule has 2 aromatic rings. The molecule has 8 heteroatoms. The molecule has 1 saturated heterocycles. The number of nitrogens with one attached hydrogen (secondary N) is 1. The molecule has 22 heavy (non-hydrogen) atoms. The van der Waals surface area contributed by atoms with Gasteiger partial charge in [-0.25, -0.2) is 4.98 Å². The van der Waals surface area contributed by atoms with E-state index in [0.717, 1.165) is 38.3 Å². The van der Waals surface area contributed by atoms with Crippen LogP contribution in [0, 0.1) is 0 Å². The van der Waals surface area contributed by atoms with Crippen LogP contribution in [0.2, 0.25) is 0 Å². The van der Waals surface area contributed by atoms with Crippen LogP contribution in [0.3, 0.4) is 0 Å². The largest absolute Gasteiger partial charge is 0.347 e. The van der Waals surface area contributed by atoms with Crippen LogP contribution >= 0.6 is 0 Å². The monoisotopic (exact) mass is 303 g/mol. The minimum Gasteiger partial charge on any atom is -0.347 e. The molecule has 1 aliphatic rings. The van der Waals surface area contributed by atoms with Crippen molar-refractivity contribution >= 4 is 5.91 Å². The third-order valence-electron chi connectivity index (χ3n) is 3.96. The second-order valence-electron chi connectivity index (χ2n) is 5.72. The molecule has 1 atom stereocenters. The van der Waals surface area contributed by atoms with Crippen LogP contribution in [0.5, 0.6) is 0 Å². The van der Waals surface area contributed by atoms with Gasteiger partial charge in [0.15, 0.2) is 0 Å². The minimum atomic E-state index is -0.105. The number of hydrogen-bond donors (Lipinski definition) is 1. The van der Waals surface area contributed by atoms with E-state index in [1.807, 2.05) is 7.05 Å². The molecule has 2 aromatic heterocycles. The highest BCUT2D eigenvalue weighted by molar-refractivity contribution is 5.92. The molecule has 3 heterocycles. The number of rotatable bonds is 4. The maximum atomic E-state index is 12.2. The van der Waals surface area contributed by atoms with E-state index < -0.39 is 0 Å². The summed E-state index contributed by atoms with van der Waals surface area (Å²) in [5, 5.41) is 11.3. The van der Waals surface area contributed by atoms with Crippen molar-refractivity contribution in [1.29, 1.82) is 0 Å². The Morgan fingerprint density at radius 2 is 2.32 bits per heavy atom. The standard InChI is InChI=1S/C14H21N7O/c1-19-7-5-12(18-19)14(22)17-11-4-3-6-21(8-11)9-13-15-10-16-20(13)2/h5,7,10-11H,3-4,6,8-9H2,1-2H3,(H,17,22). The second kappa shape index (κ2) is 6.27. The molecule has 1 unspecified atom stereocenters. The predicted molar refractivity (Wildman–Crippen MR) is 80.0 cm³/mol. The number of amides is 1. The molecule has 3 rings (SSSR count). The number of likely N-dealkylation sites (tertiary alicyclic amines) is 1. The van der Waals surface area contributed by atoms with E-state index in [9.17, 15) is 4.79 Å². The number of hydrogen-bond acceptors (Lipinski definition) is 5. The predicted octanol–water partition coefficient (Wildman–Crippen LogP) is -0.0570. The van der Waals surface area contributed by atoms with Crippen molar-refractivity contribution in [2.75, 3.05) is 13.1 Å². The van der Waals surface area contributed by atoms with Crippen LogP contribution in [-0.4, -0.2) is 54.5 Å². The first-order valence-electron chi connectivity index (χ1n) is 7.47. The molecule has 8 nitrogen and oxygen atoms in total. The Labute approximate surface area is 129 Å². The second-order valence-corrected chi connectivity index (χ2v) is 5.72. The normalized spacial score (nSPS) is 19.3. The van der Waals surface area contributed by atoms with Gasteiger partial charge in [0.05, 0.1) is 6.54 Å². The summed E-state index contributed by atoms with van der Waals surface area (Å²) in [7, 11) is 3.70. The Kier molecular flexibility index (Phi) is 4.19. The van der Waals surface area contributed by atoms with Gasteiger partial charge in [0.1, 0.15) is 17.8 Å². The van der Waals surface area contributed by atoms with Gasteiger partial charge in [-0.3, -0.25) is 19.1 Å². The van der Waals surface area contributed by atoms with Gasteiger partial charge >= 0.3 is 0 Å². The van der Waals surface area contributed by atoms with E-state index in [1.54, 1.807) is 35.0 Å². The highest BCUT2D eigenvalue weighted by Gasteiger charge is 2.23. The Bertz CT molecular complexity index is 647. The molecule has 0 aromatic carbocycles. The van der Waals surface area contributed by atoms with Crippen molar-refractivity contribution in [3.63, 3.8) is 0 Å². The Hall–Kier alpha value is -2.22. The molecule has 1 fully saturated rings. The van der Waals surface area contributed by atoms with Crippen molar-refractivity contribution in [2.45, 2.75) is 25.4 Å². The molecule has 118 valence electrons. The molecule has 0 radical (unpaired) electrons. The zero-order valence-corrected chi connectivity index (χ0v) is 12.9. The summed E-state index contributed by atoms with van der Waals surface area (Å²) in [6.45, 7) is 2.60. The van der Waals surface area contributed by atoms with Crippen LogP contribution in [0.4, 0.5) is 0 Å². The third kappa shape index (κ3) is 3.33. The van der Waals surface area contributed by atoms with E-state index in [-0.39, 0.29) is 11.9 Å². The van der Waals surface area contributed by atoms with Crippen molar-refractivity contribution in [3.05, 3.63) is 30.1 Å². The van der Waals surface area contributed by atoms with Gasteiger partial charge in [0, 0.05) is 32.9 Å². The van der Waals surface area contributed by atoms with Gasteiger partial charge in [-0.2, -0.15) is 10.2 Å². The number of aromatic nitrogens is 5. The van der Waals surface area contributed by atoms with Gasteiger partial charge in [-0.05, 0) is 25.5 Å². The summed E-state index contributed by atoms with van der Waals surface area (Å²) in [6, 6.07) is 1.88. The first-order chi connectivity index (χ1) is 10.6. The van der Waals surface area contributed by atoms with Crippen LogP contribution in [-0.2, 0) is 20.6 Å². The van der Waals surface area contributed by atoms with Crippen molar-refractivity contribution in [1.82, 2.24) is 34.8 Å². The Balaban J connectivity index is 1.56. The molecule has 0 saturated carbocycles. The van der Waals surface area contributed by atoms with Crippen molar-refractivity contribution in [3.8, 4) is 0 Å². The first kappa shape index (κ1) is 14.7. The summed E-state index contributed by atoms with van der Waals surface area (Å²) in [5.74, 6) is 0.836. The Morgan fingerprint density at radius 1 is 1.45 bits per heavy atom. The molecule has 0 bridgehead atoms. The van der Waals surface area contributed by atoms with Crippen LogP contribution in [0.25, 0.3) is 0 Å². The average molecular weight is 303 g/mol. The van der Waals surface area contributed by atoms with E-state index >= 15 is 0 Å². The van der Waals surface area contributed by atoms with E-state index in [1.165, 1.54) is 0 Å². The quantitative estimate of drug-likeness (QED) is 0.856. The smallest absolute Gasteiger partial charge is 0.272 e. The van der Waals surface area contributed by atoms with Crippen molar-refractivity contribution < 1.29 is 4.79 Å². The van der Waals surface area contributed by atoms with Gasteiger partial charge < -0.3 is 5.32 Å². The molecule has 1 aliphatic heterocycles. The van der Waals surface area contributed by atoms with Gasteiger partial charge in [0.25, 0.3) is 5.91 Å². The van der Waals surface area contributed by atoms with E-state index in [4.69, 9.17) is 0 Å². The lowest BCUT2D eigenvalue weighted by Crippen LogP contribution is -2.47. The van der Waals surface area contributed by atoms with Crippen molar-refractivity contribution in [2.24, 2.45) is 14.1 Å². The lowest BCUT2D eigenvalue weighted by Gasteiger charge is -2.32. The fraction of sp³-hybridized carbons (Fsp3) is 0.571. The third-order valence-corrected chi connectivity index (χ3v) is 3.96. The molecule has 1 amide bonds. The van der Waals surface area contributed by atoms with Gasteiger partial charge in [-0.15, -0.1) is 0 Å². The summed E-state index contributed by atoms with van der Waals surface area (Å²) in [5.41, 5.74) is 0.466. The SMILES string of the molecule is Cn1ccc(C(=O)NC2CCCN(Cc3ncnn3C)C2)n1. The van der Waals surface area contributed by atoms with Crippen LogP contribution < -0.4 is 5.32 Å². The molecule has 1 N–H and O–H groups in total. The van der Waals surface area contributed by atoms with E-state index in [2.05, 4.69) is 25.4 Å². The maximum absolute atomic E-state index is 12.2. The van der Waals surface area contributed by atoms with E-state index in [0.29, 0.717) is 5.69 Å². The van der Waals surface area contributed by atoms with Crippen LogP contribution in [0.1, 0.15) is 29.2 Å². The highest BCUT2D eigenvalue weighted by Crippen LogP contribution is 2.13. The minimum absolute atomic E-state index is 0.105. The number of nitrogens with zero attached hydrogens (tertiary/aromatic N) is 6. The fourth-order valence-electron chi connectivity index (χ4n) is 2.78. The lowest BCUT2D eigenvalue weighted by molar-refractivity contribution is 0.0893. The molecule has 0 aliphatic carbocycles. The summed E-state index contributed by atoms with van der Waals surface area (Å²) in [4.78, 5) is 18.7. The number of aryl methyl sites for hydroxylation is 2.